The zero-order chi connectivity index (χ0) is 21.7. The Bertz CT molecular complexity index is 1050. The summed E-state index contributed by atoms with van der Waals surface area (Å²) in [4.78, 5) is 28.8. The van der Waals surface area contributed by atoms with E-state index >= 15 is 0 Å². The van der Waals surface area contributed by atoms with Gasteiger partial charge in [0.05, 0.1) is 5.69 Å². The molecule has 3 aromatic rings. The molecule has 0 aliphatic carbocycles. The van der Waals surface area contributed by atoms with Gasteiger partial charge in [-0.25, -0.2) is 9.67 Å². The maximum Gasteiger partial charge on any atom is 0.291 e. The van der Waals surface area contributed by atoms with Crippen molar-refractivity contribution in [3.8, 4) is 5.69 Å². The predicted molar refractivity (Wildman–Crippen MR) is 117 cm³/mol. The number of amides is 2. The number of benzene rings is 2. The lowest BCUT2D eigenvalue weighted by molar-refractivity contribution is -0.119. The molecule has 0 fully saturated rings. The number of carbonyl (C=O) groups is 2. The minimum Gasteiger partial charge on any atom is -0.345 e. The molecule has 2 aromatic carbocycles. The summed E-state index contributed by atoms with van der Waals surface area (Å²) in [5.74, 6) is 0.227. The molecule has 2 N–H and O–H groups in total. The lowest BCUT2D eigenvalue weighted by atomic mass is 10.1. The van der Waals surface area contributed by atoms with E-state index in [9.17, 15) is 9.59 Å². The van der Waals surface area contributed by atoms with Gasteiger partial charge in [-0.05, 0) is 55.3 Å². The summed E-state index contributed by atoms with van der Waals surface area (Å²) in [5.41, 5.74) is 2.33. The van der Waals surface area contributed by atoms with E-state index in [0.717, 1.165) is 17.7 Å². The quantitative estimate of drug-likeness (QED) is 0.595. The molecule has 1 aromatic heterocycles. The highest BCUT2D eigenvalue weighted by Crippen LogP contribution is 2.15. The molecular formula is C22H24ClN5O2. The lowest BCUT2D eigenvalue weighted by Crippen LogP contribution is -2.24. The second kappa shape index (κ2) is 9.54. The molecule has 3 rings (SSSR count). The van der Waals surface area contributed by atoms with Crippen molar-refractivity contribution >= 4 is 29.1 Å². The summed E-state index contributed by atoms with van der Waals surface area (Å²) in [6, 6.07) is 14.5. The van der Waals surface area contributed by atoms with Crippen molar-refractivity contribution < 1.29 is 9.59 Å². The fraction of sp³-hybridized carbons (Fsp3) is 0.273. The number of aromatic nitrogens is 3. The molecule has 30 heavy (non-hydrogen) atoms. The van der Waals surface area contributed by atoms with E-state index in [4.69, 9.17) is 11.6 Å². The molecule has 1 heterocycles. The van der Waals surface area contributed by atoms with Gasteiger partial charge in [0.15, 0.2) is 0 Å². The first-order chi connectivity index (χ1) is 14.4. The van der Waals surface area contributed by atoms with E-state index in [-0.39, 0.29) is 23.6 Å². The van der Waals surface area contributed by atoms with Crippen LogP contribution in [0.4, 0.5) is 5.69 Å². The standard InChI is InChI=1S/C22H24ClN5O2/c1-4-14(2)21(29)26-18-7-5-6-16(12-18)13-24-22(30)20-25-15(3)28(27-20)19-10-8-17(23)9-11-19/h5-12,14H,4,13H2,1-3H3,(H,24,30)(H,26,29). The van der Waals surface area contributed by atoms with Crippen LogP contribution in [0.2, 0.25) is 5.02 Å². The molecule has 0 aliphatic heterocycles. The van der Waals surface area contributed by atoms with E-state index < -0.39 is 0 Å². The molecule has 0 saturated carbocycles. The van der Waals surface area contributed by atoms with E-state index in [1.165, 1.54) is 0 Å². The van der Waals surface area contributed by atoms with Gasteiger partial charge in [-0.1, -0.05) is 37.6 Å². The number of halogens is 1. The first-order valence-electron chi connectivity index (χ1n) is 9.75. The third-order valence-electron chi connectivity index (χ3n) is 4.75. The van der Waals surface area contributed by atoms with Crippen molar-refractivity contribution in [2.45, 2.75) is 33.7 Å². The Labute approximate surface area is 180 Å². The summed E-state index contributed by atoms with van der Waals surface area (Å²) in [6.07, 6.45) is 0.774. The van der Waals surface area contributed by atoms with E-state index in [2.05, 4.69) is 20.7 Å². The average Bonchev–Trinajstić information content (AvgIpc) is 3.14. The van der Waals surface area contributed by atoms with Crippen LogP contribution in [0.5, 0.6) is 0 Å². The SMILES string of the molecule is CCC(C)C(=O)Nc1cccc(CNC(=O)c2nc(C)n(-c3ccc(Cl)cc3)n2)c1. The van der Waals surface area contributed by atoms with Crippen molar-refractivity contribution in [3.63, 3.8) is 0 Å². The number of rotatable bonds is 7. The molecule has 2 amide bonds. The van der Waals surface area contributed by atoms with Crippen LogP contribution in [0, 0.1) is 12.8 Å². The number of anilines is 1. The van der Waals surface area contributed by atoms with Crippen molar-refractivity contribution in [2.75, 3.05) is 5.32 Å². The van der Waals surface area contributed by atoms with Crippen LogP contribution in [-0.2, 0) is 11.3 Å². The van der Waals surface area contributed by atoms with Crippen LogP contribution in [0.25, 0.3) is 5.69 Å². The molecule has 0 aliphatic rings. The van der Waals surface area contributed by atoms with Gasteiger partial charge in [-0.2, -0.15) is 0 Å². The minimum absolute atomic E-state index is 0.0221. The Morgan fingerprint density at radius 3 is 2.60 bits per heavy atom. The number of aryl methyl sites for hydroxylation is 1. The monoisotopic (exact) mass is 425 g/mol. The van der Waals surface area contributed by atoms with E-state index in [0.29, 0.717) is 23.1 Å². The normalized spacial score (nSPS) is 11.7. The fourth-order valence-electron chi connectivity index (χ4n) is 2.78. The maximum atomic E-state index is 12.5. The van der Waals surface area contributed by atoms with Gasteiger partial charge in [-0.3, -0.25) is 9.59 Å². The predicted octanol–water partition coefficient (Wildman–Crippen LogP) is 4.14. The number of hydrogen-bond acceptors (Lipinski definition) is 4. The summed E-state index contributed by atoms with van der Waals surface area (Å²) in [6.45, 7) is 5.93. The third kappa shape index (κ3) is 5.24. The van der Waals surface area contributed by atoms with Crippen molar-refractivity contribution in [1.29, 1.82) is 0 Å². The molecule has 0 spiro atoms. The molecule has 0 saturated heterocycles. The van der Waals surface area contributed by atoms with Gasteiger partial charge in [0.1, 0.15) is 5.82 Å². The van der Waals surface area contributed by atoms with Gasteiger partial charge >= 0.3 is 0 Å². The number of hydrogen-bond donors (Lipinski definition) is 2. The van der Waals surface area contributed by atoms with Crippen LogP contribution < -0.4 is 10.6 Å². The number of nitrogens with zero attached hydrogens (tertiary/aromatic N) is 3. The highest BCUT2D eigenvalue weighted by Gasteiger charge is 2.15. The van der Waals surface area contributed by atoms with Gasteiger partial charge in [-0.15, -0.1) is 5.10 Å². The van der Waals surface area contributed by atoms with Gasteiger partial charge in [0.2, 0.25) is 11.7 Å². The summed E-state index contributed by atoms with van der Waals surface area (Å²) < 4.78 is 1.59. The number of nitrogens with one attached hydrogen (secondary N) is 2. The second-order valence-corrected chi connectivity index (χ2v) is 7.49. The Morgan fingerprint density at radius 1 is 1.17 bits per heavy atom. The van der Waals surface area contributed by atoms with Gasteiger partial charge < -0.3 is 10.6 Å². The highest BCUT2D eigenvalue weighted by atomic mass is 35.5. The van der Waals surface area contributed by atoms with Crippen molar-refractivity contribution in [1.82, 2.24) is 20.1 Å². The van der Waals surface area contributed by atoms with Crippen molar-refractivity contribution in [3.05, 3.63) is 70.8 Å². The molecule has 156 valence electrons. The molecular weight excluding hydrogens is 402 g/mol. The van der Waals surface area contributed by atoms with Crippen molar-refractivity contribution in [2.24, 2.45) is 5.92 Å². The van der Waals surface area contributed by atoms with Crippen LogP contribution in [0.3, 0.4) is 0 Å². The summed E-state index contributed by atoms with van der Waals surface area (Å²) in [7, 11) is 0. The summed E-state index contributed by atoms with van der Waals surface area (Å²) in [5, 5.41) is 10.6. The smallest absolute Gasteiger partial charge is 0.291 e. The molecule has 8 heteroatoms. The first-order valence-corrected chi connectivity index (χ1v) is 10.1. The molecule has 1 unspecified atom stereocenters. The third-order valence-corrected chi connectivity index (χ3v) is 5.00. The zero-order valence-corrected chi connectivity index (χ0v) is 17.9. The first kappa shape index (κ1) is 21.5. The average molecular weight is 426 g/mol. The Balaban J connectivity index is 1.65. The van der Waals surface area contributed by atoms with Crippen LogP contribution >= 0.6 is 11.6 Å². The van der Waals surface area contributed by atoms with Crippen LogP contribution in [0.1, 0.15) is 42.3 Å². The zero-order valence-electron chi connectivity index (χ0n) is 17.1. The maximum absolute atomic E-state index is 12.5. The van der Waals surface area contributed by atoms with E-state index in [1.54, 1.807) is 23.7 Å². The molecule has 7 nitrogen and oxygen atoms in total. The van der Waals surface area contributed by atoms with Gasteiger partial charge in [0, 0.05) is 23.2 Å². The Morgan fingerprint density at radius 2 is 1.90 bits per heavy atom. The molecule has 1 atom stereocenters. The summed E-state index contributed by atoms with van der Waals surface area (Å²) >= 11 is 5.92. The highest BCUT2D eigenvalue weighted by molar-refractivity contribution is 6.30. The molecule has 0 radical (unpaired) electrons. The molecule has 0 bridgehead atoms. The fourth-order valence-corrected chi connectivity index (χ4v) is 2.91. The Hall–Kier alpha value is -3.19. The second-order valence-electron chi connectivity index (χ2n) is 7.05. The van der Waals surface area contributed by atoms with E-state index in [1.807, 2.05) is 50.2 Å². The topological polar surface area (TPSA) is 88.9 Å². The lowest BCUT2D eigenvalue weighted by Gasteiger charge is -2.11. The van der Waals surface area contributed by atoms with Crippen LogP contribution in [0.15, 0.2) is 48.5 Å². The van der Waals surface area contributed by atoms with Gasteiger partial charge in [0.25, 0.3) is 5.91 Å². The van der Waals surface area contributed by atoms with Crippen LogP contribution in [-0.4, -0.2) is 26.6 Å². The largest absolute Gasteiger partial charge is 0.345 e. The Kier molecular flexibility index (Phi) is 6.84. The number of carbonyl (C=O) groups excluding carboxylic acids is 2. The minimum atomic E-state index is -0.375.